The third kappa shape index (κ3) is 4.61. The molecule has 0 bridgehead atoms. The molecule has 1 heterocycles. The van der Waals surface area contributed by atoms with Gasteiger partial charge in [0, 0.05) is 19.1 Å². The fourth-order valence-electron chi connectivity index (χ4n) is 3.68. The topological polar surface area (TPSA) is 21.7 Å². The zero-order chi connectivity index (χ0) is 19.2. The molecule has 1 fully saturated rings. The first-order valence-electron chi connectivity index (χ1n) is 9.97. The second-order valence-corrected chi connectivity index (χ2v) is 7.28. The molecule has 0 aliphatic carbocycles. The van der Waals surface area contributed by atoms with E-state index in [0.717, 1.165) is 25.4 Å². The molecule has 3 nitrogen and oxygen atoms in total. The van der Waals surface area contributed by atoms with Crippen molar-refractivity contribution in [3.05, 3.63) is 102 Å². The van der Waals surface area contributed by atoms with Gasteiger partial charge in [0.25, 0.3) is 0 Å². The molecule has 0 aromatic heterocycles. The fraction of sp³-hybridized carbons (Fsp3) is 0.280. The van der Waals surface area contributed by atoms with E-state index in [9.17, 15) is 0 Å². The van der Waals surface area contributed by atoms with Crippen LogP contribution in [0.1, 0.15) is 35.8 Å². The van der Waals surface area contributed by atoms with Gasteiger partial charge in [-0.15, -0.1) is 0 Å². The molecule has 1 saturated heterocycles. The van der Waals surface area contributed by atoms with Crippen LogP contribution in [-0.4, -0.2) is 24.6 Å². The first kappa shape index (κ1) is 18.7. The third-order valence-corrected chi connectivity index (χ3v) is 5.43. The van der Waals surface area contributed by atoms with E-state index >= 15 is 0 Å². The van der Waals surface area contributed by atoms with Crippen molar-refractivity contribution >= 4 is 0 Å². The van der Waals surface area contributed by atoms with Crippen LogP contribution in [0, 0.1) is 0 Å². The molecule has 3 aromatic rings. The Morgan fingerprint density at radius 3 is 2.32 bits per heavy atom. The van der Waals surface area contributed by atoms with E-state index in [2.05, 4.69) is 66.4 Å². The number of morpholine rings is 1. The Kier molecular flexibility index (Phi) is 6.05. The number of nitrogens with zero attached hydrogens (tertiary/aromatic N) is 1. The second kappa shape index (κ2) is 9.05. The Balaban J connectivity index is 1.37. The molecule has 2 atom stereocenters. The number of rotatable bonds is 6. The highest BCUT2D eigenvalue weighted by Crippen LogP contribution is 2.29. The smallest absolute Gasteiger partial charge is 0.119 e. The second-order valence-electron chi connectivity index (χ2n) is 7.28. The summed E-state index contributed by atoms with van der Waals surface area (Å²) in [7, 11) is 0. The largest absolute Gasteiger partial charge is 0.489 e. The van der Waals surface area contributed by atoms with Crippen molar-refractivity contribution < 1.29 is 9.47 Å². The van der Waals surface area contributed by atoms with E-state index in [1.807, 2.05) is 30.3 Å². The standard InChI is InChI=1S/C25H27NO2/c1-20(22-10-6-3-7-11-22)26-16-17-27-25(18-26)23-12-14-24(15-13-23)28-19-21-8-4-2-5-9-21/h2-15,20,25H,16-19H2,1H3/t20-,25+/m1/s1. The third-order valence-electron chi connectivity index (χ3n) is 5.43. The van der Waals surface area contributed by atoms with Crippen LogP contribution < -0.4 is 4.74 Å². The van der Waals surface area contributed by atoms with Crippen molar-refractivity contribution in [2.24, 2.45) is 0 Å². The van der Waals surface area contributed by atoms with E-state index in [1.165, 1.54) is 16.7 Å². The Bertz CT molecular complexity index is 849. The molecule has 144 valence electrons. The van der Waals surface area contributed by atoms with E-state index in [0.29, 0.717) is 12.6 Å². The molecule has 1 aliphatic rings. The van der Waals surface area contributed by atoms with Crippen LogP contribution in [0.15, 0.2) is 84.9 Å². The van der Waals surface area contributed by atoms with Gasteiger partial charge >= 0.3 is 0 Å². The zero-order valence-corrected chi connectivity index (χ0v) is 16.3. The van der Waals surface area contributed by atoms with Crippen LogP contribution in [0.25, 0.3) is 0 Å². The normalized spacial score (nSPS) is 18.5. The van der Waals surface area contributed by atoms with Crippen molar-refractivity contribution in [3.63, 3.8) is 0 Å². The summed E-state index contributed by atoms with van der Waals surface area (Å²) in [5.41, 5.74) is 3.73. The summed E-state index contributed by atoms with van der Waals surface area (Å²) in [5, 5.41) is 0. The lowest BCUT2D eigenvalue weighted by atomic mass is 10.0. The lowest BCUT2D eigenvalue weighted by Gasteiger charge is -2.37. The summed E-state index contributed by atoms with van der Waals surface area (Å²) in [4.78, 5) is 2.50. The molecule has 0 radical (unpaired) electrons. The fourth-order valence-corrected chi connectivity index (χ4v) is 3.68. The molecule has 0 N–H and O–H groups in total. The Labute approximate surface area is 167 Å². The minimum absolute atomic E-state index is 0.100. The van der Waals surface area contributed by atoms with Gasteiger partial charge in [-0.2, -0.15) is 0 Å². The lowest BCUT2D eigenvalue weighted by Crippen LogP contribution is -2.39. The van der Waals surface area contributed by atoms with Gasteiger partial charge in [-0.1, -0.05) is 72.8 Å². The van der Waals surface area contributed by atoms with Crippen LogP contribution in [0.4, 0.5) is 0 Å². The summed E-state index contributed by atoms with van der Waals surface area (Å²) in [6, 6.07) is 29.7. The van der Waals surface area contributed by atoms with E-state index in [1.54, 1.807) is 0 Å². The molecule has 1 aliphatic heterocycles. The molecule has 4 rings (SSSR count). The summed E-state index contributed by atoms with van der Waals surface area (Å²) >= 11 is 0. The molecule has 0 spiro atoms. The van der Waals surface area contributed by atoms with E-state index < -0.39 is 0 Å². The maximum atomic E-state index is 6.07. The zero-order valence-electron chi connectivity index (χ0n) is 16.3. The molecule has 3 aromatic carbocycles. The predicted molar refractivity (Wildman–Crippen MR) is 112 cm³/mol. The van der Waals surface area contributed by atoms with Crippen LogP contribution in [0.5, 0.6) is 5.75 Å². The summed E-state index contributed by atoms with van der Waals surface area (Å²) in [6.07, 6.45) is 0.100. The molecule has 0 unspecified atom stereocenters. The molecule has 0 amide bonds. The van der Waals surface area contributed by atoms with Gasteiger partial charge in [-0.25, -0.2) is 0 Å². The summed E-state index contributed by atoms with van der Waals surface area (Å²) in [5.74, 6) is 0.887. The van der Waals surface area contributed by atoms with Gasteiger partial charge in [-0.3, -0.25) is 4.90 Å². The van der Waals surface area contributed by atoms with Crippen molar-refractivity contribution in [1.29, 1.82) is 0 Å². The maximum absolute atomic E-state index is 6.07. The molecular formula is C25H27NO2. The van der Waals surface area contributed by atoms with Crippen LogP contribution in [-0.2, 0) is 11.3 Å². The SMILES string of the molecule is C[C@H](c1ccccc1)N1CCO[C@H](c2ccc(OCc3ccccc3)cc2)C1. The number of hydrogen-bond donors (Lipinski definition) is 0. The quantitative estimate of drug-likeness (QED) is 0.577. The highest BCUT2D eigenvalue weighted by Gasteiger charge is 2.25. The van der Waals surface area contributed by atoms with Gasteiger partial charge in [0.2, 0.25) is 0 Å². The first-order chi connectivity index (χ1) is 13.8. The van der Waals surface area contributed by atoms with Gasteiger partial charge in [0.05, 0.1) is 12.7 Å². The van der Waals surface area contributed by atoms with E-state index in [4.69, 9.17) is 9.47 Å². The lowest BCUT2D eigenvalue weighted by molar-refractivity contribution is -0.0431. The Morgan fingerprint density at radius 1 is 0.929 bits per heavy atom. The molecule has 28 heavy (non-hydrogen) atoms. The maximum Gasteiger partial charge on any atom is 0.119 e. The predicted octanol–water partition coefficient (Wildman–Crippen LogP) is 5.40. The van der Waals surface area contributed by atoms with Gasteiger partial charge in [-0.05, 0) is 35.7 Å². The minimum Gasteiger partial charge on any atom is -0.489 e. The van der Waals surface area contributed by atoms with Crippen LogP contribution in [0.3, 0.4) is 0 Å². The molecular weight excluding hydrogens is 346 g/mol. The van der Waals surface area contributed by atoms with Crippen molar-refractivity contribution in [2.45, 2.75) is 25.7 Å². The highest BCUT2D eigenvalue weighted by atomic mass is 16.5. The number of hydrogen-bond acceptors (Lipinski definition) is 3. The highest BCUT2D eigenvalue weighted by molar-refractivity contribution is 5.29. The first-order valence-corrected chi connectivity index (χ1v) is 9.97. The average Bonchev–Trinajstić information content (AvgIpc) is 2.79. The number of ether oxygens (including phenoxy) is 2. The van der Waals surface area contributed by atoms with Gasteiger partial charge < -0.3 is 9.47 Å². The molecule has 0 saturated carbocycles. The van der Waals surface area contributed by atoms with E-state index in [-0.39, 0.29) is 6.10 Å². The Hall–Kier alpha value is -2.62. The van der Waals surface area contributed by atoms with Gasteiger partial charge in [0.1, 0.15) is 12.4 Å². The van der Waals surface area contributed by atoms with Crippen molar-refractivity contribution in [3.8, 4) is 5.75 Å². The average molecular weight is 373 g/mol. The van der Waals surface area contributed by atoms with Crippen molar-refractivity contribution in [1.82, 2.24) is 4.90 Å². The summed E-state index contributed by atoms with van der Waals surface area (Å²) < 4.78 is 12.0. The number of benzene rings is 3. The molecule has 3 heteroatoms. The van der Waals surface area contributed by atoms with Gasteiger partial charge in [0.15, 0.2) is 0 Å². The van der Waals surface area contributed by atoms with Crippen LogP contribution in [0.2, 0.25) is 0 Å². The monoisotopic (exact) mass is 373 g/mol. The van der Waals surface area contributed by atoms with Crippen molar-refractivity contribution in [2.75, 3.05) is 19.7 Å². The summed E-state index contributed by atoms with van der Waals surface area (Å²) in [6.45, 7) is 5.49. The Morgan fingerprint density at radius 2 is 1.61 bits per heavy atom. The van der Waals surface area contributed by atoms with Crippen LogP contribution >= 0.6 is 0 Å². The minimum atomic E-state index is 0.100.